The maximum Gasteiger partial charge on any atom is 0.138 e. The Morgan fingerprint density at radius 2 is 1.86 bits per heavy atom. The Balaban J connectivity index is 1.94. The Morgan fingerprint density at radius 3 is 2.43 bits per heavy atom. The third kappa shape index (κ3) is 4.87. The summed E-state index contributed by atoms with van der Waals surface area (Å²) in [6.45, 7) is 6.86. The molecule has 3 nitrogen and oxygen atoms in total. The van der Waals surface area contributed by atoms with Crippen molar-refractivity contribution in [1.82, 2.24) is 4.98 Å². The summed E-state index contributed by atoms with van der Waals surface area (Å²) >= 11 is 0. The van der Waals surface area contributed by atoms with Gasteiger partial charge >= 0.3 is 0 Å². The Labute approximate surface area is 127 Å². The van der Waals surface area contributed by atoms with Crippen LogP contribution in [0.1, 0.15) is 35.7 Å². The molecular formula is C18H24N2O. The predicted molar refractivity (Wildman–Crippen MR) is 86.5 cm³/mol. The lowest BCUT2D eigenvalue weighted by Gasteiger charge is -2.10. The first kappa shape index (κ1) is 15.5. The van der Waals surface area contributed by atoms with Crippen LogP contribution in [0.15, 0.2) is 36.5 Å². The number of nitrogens with two attached hydrogens (primary N) is 1. The zero-order valence-corrected chi connectivity index (χ0v) is 13.1. The molecule has 0 bridgehead atoms. The Kier molecular flexibility index (Phi) is 5.34. The molecule has 2 N–H and O–H groups in total. The van der Waals surface area contributed by atoms with Crippen molar-refractivity contribution in [3.63, 3.8) is 0 Å². The molecule has 0 amide bonds. The normalized spacial score (nSPS) is 12.2. The van der Waals surface area contributed by atoms with Gasteiger partial charge in [0.15, 0.2) is 0 Å². The van der Waals surface area contributed by atoms with Crippen LogP contribution in [-0.2, 0) is 13.0 Å². The van der Waals surface area contributed by atoms with E-state index in [1.54, 1.807) is 6.20 Å². The molecule has 2 rings (SSSR count). The van der Waals surface area contributed by atoms with E-state index in [1.807, 2.05) is 12.1 Å². The van der Waals surface area contributed by atoms with Crippen molar-refractivity contribution >= 4 is 0 Å². The summed E-state index contributed by atoms with van der Waals surface area (Å²) in [5.74, 6) is 0.794. The van der Waals surface area contributed by atoms with Crippen LogP contribution in [0.4, 0.5) is 0 Å². The molecule has 0 fully saturated rings. The van der Waals surface area contributed by atoms with Crippen molar-refractivity contribution in [2.45, 2.75) is 46.3 Å². The molecule has 112 valence electrons. The summed E-state index contributed by atoms with van der Waals surface area (Å²) in [5.41, 5.74) is 10.7. The average molecular weight is 284 g/mol. The zero-order chi connectivity index (χ0) is 15.2. The summed E-state index contributed by atoms with van der Waals surface area (Å²) in [6, 6.07) is 10.6. The number of hydrogen-bond donors (Lipinski definition) is 1. The van der Waals surface area contributed by atoms with E-state index < -0.39 is 0 Å². The fourth-order valence-corrected chi connectivity index (χ4v) is 2.35. The van der Waals surface area contributed by atoms with Gasteiger partial charge in [0.25, 0.3) is 0 Å². The summed E-state index contributed by atoms with van der Waals surface area (Å²) in [6.07, 6.45) is 3.56. The number of nitrogens with zero attached hydrogens (tertiary/aromatic N) is 1. The van der Waals surface area contributed by atoms with Crippen LogP contribution >= 0.6 is 0 Å². The highest BCUT2D eigenvalue weighted by atomic mass is 16.5. The second-order valence-electron chi connectivity index (χ2n) is 5.64. The van der Waals surface area contributed by atoms with E-state index in [4.69, 9.17) is 10.5 Å². The molecule has 0 saturated heterocycles. The van der Waals surface area contributed by atoms with Crippen molar-refractivity contribution < 1.29 is 4.74 Å². The molecule has 0 aliphatic heterocycles. The van der Waals surface area contributed by atoms with E-state index in [-0.39, 0.29) is 6.04 Å². The fraction of sp³-hybridized carbons (Fsp3) is 0.389. The van der Waals surface area contributed by atoms with Crippen molar-refractivity contribution in [2.75, 3.05) is 0 Å². The topological polar surface area (TPSA) is 48.1 Å². The summed E-state index contributed by atoms with van der Waals surface area (Å²) in [7, 11) is 0. The van der Waals surface area contributed by atoms with Crippen LogP contribution in [0, 0.1) is 13.8 Å². The smallest absolute Gasteiger partial charge is 0.138 e. The molecule has 0 aliphatic carbocycles. The minimum atomic E-state index is 0.180. The van der Waals surface area contributed by atoms with Gasteiger partial charge in [-0.15, -0.1) is 0 Å². The fourth-order valence-electron chi connectivity index (χ4n) is 2.35. The van der Waals surface area contributed by atoms with Gasteiger partial charge in [-0.05, 0) is 38.0 Å². The molecule has 3 heteroatoms. The van der Waals surface area contributed by atoms with Crippen LogP contribution < -0.4 is 10.5 Å². The molecule has 1 atom stereocenters. The number of ether oxygens (including phenoxy) is 1. The molecule has 21 heavy (non-hydrogen) atoms. The van der Waals surface area contributed by atoms with E-state index in [2.05, 4.69) is 44.0 Å². The van der Waals surface area contributed by atoms with Gasteiger partial charge in [0.1, 0.15) is 12.4 Å². The first-order valence-corrected chi connectivity index (χ1v) is 7.47. The SMILES string of the molecule is CCC(N)Cc1ccc(OCc2cc(C)cc(C)c2)cn1. The van der Waals surface area contributed by atoms with Crippen LogP contribution in [0.2, 0.25) is 0 Å². The second kappa shape index (κ2) is 7.23. The largest absolute Gasteiger partial charge is 0.487 e. The van der Waals surface area contributed by atoms with Gasteiger partial charge in [-0.1, -0.05) is 36.2 Å². The van der Waals surface area contributed by atoms with Crippen LogP contribution in [0.5, 0.6) is 5.75 Å². The molecule has 1 aromatic heterocycles. The average Bonchev–Trinajstić information content (AvgIpc) is 2.45. The standard InChI is InChI=1S/C18H24N2O/c1-4-16(19)10-17-5-6-18(11-20-17)21-12-15-8-13(2)7-14(3)9-15/h5-9,11,16H,4,10,12,19H2,1-3H3. The van der Waals surface area contributed by atoms with E-state index in [9.17, 15) is 0 Å². The van der Waals surface area contributed by atoms with Crippen molar-refractivity contribution in [1.29, 1.82) is 0 Å². The lowest BCUT2D eigenvalue weighted by molar-refractivity contribution is 0.304. The third-order valence-electron chi connectivity index (χ3n) is 3.48. The first-order chi connectivity index (χ1) is 10.1. The lowest BCUT2D eigenvalue weighted by atomic mass is 10.1. The lowest BCUT2D eigenvalue weighted by Crippen LogP contribution is -2.21. The first-order valence-electron chi connectivity index (χ1n) is 7.47. The van der Waals surface area contributed by atoms with E-state index in [1.165, 1.54) is 16.7 Å². The van der Waals surface area contributed by atoms with Gasteiger partial charge in [-0.2, -0.15) is 0 Å². The van der Waals surface area contributed by atoms with Gasteiger partial charge in [-0.3, -0.25) is 4.98 Å². The van der Waals surface area contributed by atoms with Crippen LogP contribution in [0.25, 0.3) is 0 Å². The molecule has 0 radical (unpaired) electrons. The summed E-state index contributed by atoms with van der Waals surface area (Å²) < 4.78 is 5.79. The maximum absolute atomic E-state index is 5.93. The van der Waals surface area contributed by atoms with Gasteiger partial charge in [0.05, 0.1) is 6.20 Å². The molecule has 1 heterocycles. The Bertz CT molecular complexity index is 558. The number of rotatable bonds is 6. The highest BCUT2D eigenvalue weighted by molar-refractivity contribution is 5.29. The van der Waals surface area contributed by atoms with Gasteiger partial charge in [-0.25, -0.2) is 0 Å². The maximum atomic E-state index is 5.93. The second-order valence-corrected chi connectivity index (χ2v) is 5.64. The molecule has 0 saturated carbocycles. The zero-order valence-electron chi connectivity index (χ0n) is 13.1. The Morgan fingerprint density at radius 1 is 1.14 bits per heavy atom. The van der Waals surface area contributed by atoms with Crippen LogP contribution in [-0.4, -0.2) is 11.0 Å². The van der Waals surface area contributed by atoms with Gasteiger partial charge < -0.3 is 10.5 Å². The minimum Gasteiger partial charge on any atom is -0.487 e. The highest BCUT2D eigenvalue weighted by Crippen LogP contribution is 2.15. The highest BCUT2D eigenvalue weighted by Gasteiger charge is 2.03. The number of aromatic nitrogens is 1. The quantitative estimate of drug-likeness (QED) is 0.882. The van der Waals surface area contributed by atoms with Crippen LogP contribution in [0.3, 0.4) is 0 Å². The van der Waals surface area contributed by atoms with Crippen molar-refractivity contribution in [3.8, 4) is 5.75 Å². The molecule has 0 aliphatic rings. The molecule has 0 spiro atoms. The van der Waals surface area contributed by atoms with E-state index >= 15 is 0 Å². The van der Waals surface area contributed by atoms with Crippen molar-refractivity contribution in [3.05, 3.63) is 58.9 Å². The summed E-state index contributed by atoms with van der Waals surface area (Å²) in [5, 5.41) is 0. The van der Waals surface area contributed by atoms with Crippen molar-refractivity contribution in [2.24, 2.45) is 5.73 Å². The molecule has 1 aromatic carbocycles. The predicted octanol–water partition coefficient (Wildman–Crippen LogP) is 3.56. The molecular weight excluding hydrogens is 260 g/mol. The van der Waals surface area contributed by atoms with E-state index in [0.29, 0.717) is 6.61 Å². The number of hydrogen-bond acceptors (Lipinski definition) is 3. The van der Waals surface area contributed by atoms with Gasteiger partial charge in [0.2, 0.25) is 0 Å². The third-order valence-corrected chi connectivity index (χ3v) is 3.48. The molecule has 1 unspecified atom stereocenters. The number of aryl methyl sites for hydroxylation is 2. The monoisotopic (exact) mass is 284 g/mol. The summed E-state index contributed by atoms with van der Waals surface area (Å²) in [4.78, 5) is 4.41. The van der Waals surface area contributed by atoms with E-state index in [0.717, 1.165) is 24.3 Å². The van der Waals surface area contributed by atoms with Gasteiger partial charge in [0, 0.05) is 18.2 Å². The minimum absolute atomic E-state index is 0.180. The number of pyridine rings is 1. The molecule has 2 aromatic rings. The Hall–Kier alpha value is -1.87. The number of benzene rings is 1.